The van der Waals surface area contributed by atoms with Gasteiger partial charge in [0.15, 0.2) is 0 Å². The number of hydrogen-bond donors (Lipinski definition) is 1. The van der Waals surface area contributed by atoms with Gasteiger partial charge in [-0.05, 0) is 56.3 Å². The van der Waals surface area contributed by atoms with Gasteiger partial charge in [0.05, 0.1) is 0 Å². The molecule has 6 heteroatoms. The number of carbonyl (C=O) groups is 1. The number of piperazine rings is 1. The molecule has 1 N–H and O–H groups in total. The van der Waals surface area contributed by atoms with Crippen molar-refractivity contribution >= 4 is 23.0 Å². The summed E-state index contributed by atoms with van der Waals surface area (Å²) in [5.74, 6) is -0.167. The van der Waals surface area contributed by atoms with Gasteiger partial charge in [0, 0.05) is 62.5 Å². The Kier molecular flexibility index (Phi) is 5.25. The number of hydrogen-bond acceptors (Lipinski definition) is 5. The van der Waals surface area contributed by atoms with Crippen LogP contribution in [0.3, 0.4) is 0 Å². The molecule has 1 amide bonds. The lowest BCUT2D eigenvalue weighted by Gasteiger charge is -2.34. The maximum Gasteiger partial charge on any atom is 0.274 e. The summed E-state index contributed by atoms with van der Waals surface area (Å²) < 4.78 is 0. The number of anilines is 3. The van der Waals surface area contributed by atoms with E-state index in [1.165, 1.54) is 18.5 Å². The molecule has 3 heterocycles. The Morgan fingerprint density at radius 1 is 0.889 bits per heavy atom. The van der Waals surface area contributed by atoms with Gasteiger partial charge in [-0.3, -0.25) is 9.78 Å². The number of nitrogens with zero attached hydrogens (tertiary/aromatic N) is 4. The standard InChI is InChI=1S/C21H27N5O/c1-24-12-14-26(15-13-24)19-8-9-22-20(16-19)21(27)23-17-4-6-18(7-5-17)25-10-2-3-11-25/h4-9,16H,2-3,10-15H2,1H3,(H,23,27). The Labute approximate surface area is 160 Å². The molecule has 142 valence electrons. The number of nitrogens with one attached hydrogen (secondary N) is 1. The summed E-state index contributed by atoms with van der Waals surface area (Å²) in [7, 11) is 2.14. The van der Waals surface area contributed by atoms with Crippen LogP contribution in [-0.4, -0.2) is 62.1 Å². The van der Waals surface area contributed by atoms with Crippen LogP contribution in [0.25, 0.3) is 0 Å². The molecule has 1 aromatic carbocycles. The van der Waals surface area contributed by atoms with Gasteiger partial charge in [-0.15, -0.1) is 0 Å². The lowest BCUT2D eigenvalue weighted by molar-refractivity contribution is 0.102. The van der Waals surface area contributed by atoms with Crippen molar-refractivity contribution in [3.63, 3.8) is 0 Å². The van der Waals surface area contributed by atoms with Crippen LogP contribution in [0.5, 0.6) is 0 Å². The predicted molar refractivity (Wildman–Crippen MR) is 110 cm³/mol. The van der Waals surface area contributed by atoms with Crippen molar-refractivity contribution in [3.05, 3.63) is 48.3 Å². The van der Waals surface area contributed by atoms with Gasteiger partial charge < -0.3 is 20.0 Å². The highest BCUT2D eigenvalue weighted by Gasteiger charge is 2.17. The maximum absolute atomic E-state index is 12.6. The number of aromatic nitrogens is 1. The predicted octanol–water partition coefficient (Wildman–Crippen LogP) is 2.69. The van der Waals surface area contributed by atoms with Gasteiger partial charge in [-0.1, -0.05) is 0 Å². The molecule has 27 heavy (non-hydrogen) atoms. The molecule has 2 aliphatic heterocycles. The molecule has 4 rings (SSSR count). The van der Waals surface area contributed by atoms with E-state index >= 15 is 0 Å². The lowest BCUT2D eigenvalue weighted by atomic mass is 10.2. The lowest BCUT2D eigenvalue weighted by Crippen LogP contribution is -2.44. The van der Waals surface area contributed by atoms with Crippen LogP contribution < -0.4 is 15.1 Å². The molecule has 0 unspecified atom stereocenters. The Balaban J connectivity index is 1.41. The molecule has 2 aliphatic rings. The number of likely N-dealkylation sites (N-methyl/N-ethyl adjacent to an activating group) is 1. The van der Waals surface area contributed by atoms with Crippen molar-refractivity contribution in [2.75, 3.05) is 61.4 Å². The van der Waals surface area contributed by atoms with E-state index in [9.17, 15) is 4.79 Å². The zero-order valence-corrected chi connectivity index (χ0v) is 15.9. The average molecular weight is 365 g/mol. The van der Waals surface area contributed by atoms with E-state index in [1.54, 1.807) is 6.20 Å². The largest absolute Gasteiger partial charge is 0.372 e. The van der Waals surface area contributed by atoms with Crippen LogP contribution in [0.4, 0.5) is 17.1 Å². The van der Waals surface area contributed by atoms with Gasteiger partial charge in [0.25, 0.3) is 5.91 Å². The minimum atomic E-state index is -0.167. The second-order valence-corrected chi connectivity index (χ2v) is 7.38. The van der Waals surface area contributed by atoms with Gasteiger partial charge in [-0.25, -0.2) is 0 Å². The third-order valence-electron chi connectivity index (χ3n) is 5.44. The van der Waals surface area contributed by atoms with E-state index < -0.39 is 0 Å². The quantitative estimate of drug-likeness (QED) is 0.903. The van der Waals surface area contributed by atoms with E-state index in [-0.39, 0.29) is 5.91 Å². The van der Waals surface area contributed by atoms with Crippen LogP contribution in [0.2, 0.25) is 0 Å². The Bertz CT molecular complexity index is 777. The maximum atomic E-state index is 12.6. The van der Waals surface area contributed by atoms with Gasteiger partial charge in [0.1, 0.15) is 5.69 Å². The topological polar surface area (TPSA) is 51.7 Å². The minimum Gasteiger partial charge on any atom is -0.372 e. The molecule has 2 fully saturated rings. The van der Waals surface area contributed by atoms with Gasteiger partial charge >= 0.3 is 0 Å². The molecular formula is C21H27N5O. The summed E-state index contributed by atoms with van der Waals surface area (Å²) in [6, 6.07) is 12.0. The Hall–Kier alpha value is -2.60. The van der Waals surface area contributed by atoms with Crippen LogP contribution >= 0.6 is 0 Å². The average Bonchev–Trinajstić information content (AvgIpc) is 3.24. The highest BCUT2D eigenvalue weighted by molar-refractivity contribution is 6.03. The van der Waals surface area contributed by atoms with E-state index in [2.05, 4.69) is 44.2 Å². The summed E-state index contributed by atoms with van der Waals surface area (Å²) in [6.07, 6.45) is 4.24. The summed E-state index contributed by atoms with van der Waals surface area (Å²) in [5, 5.41) is 2.97. The van der Waals surface area contributed by atoms with Gasteiger partial charge in [-0.2, -0.15) is 0 Å². The molecular weight excluding hydrogens is 338 g/mol. The van der Waals surface area contributed by atoms with Crippen molar-refractivity contribution in [1.82, 2.24) is 9.88 Å². The molecule has 6 nitrogen and oxygen atoms in total. The number of pyridine rings is 1. The first-order valence-electron chi connectivity index (χ1n) is 9.75. The van der Waals surface area contributed by atoms with Crippen LogP contribution in [0.1, 0.15) is 23.3 Å². The van der Waals surface area contributed by atoms with E-state index in [1.807, 2.05) is 24.3 Å². The molecule has 2 aromatic rings. The molecule has 2 saturated heterocycles. The number of benzene rings is 1. The number of rotatable bonds is 4. The molecule has 0 spiro atoms. The van der Waals surface area contributed by atoms with Crippen LogP contribution in [0.15, 0.2) is 42.6 Å². The molecule has 0 saturated carbocycles. The first-order valence-corrected chi connectivity index (χ1v) is 9.75. The highest BCUT2D eigenvalue weighted by Crippen LogP contribution is 2.23. The first-order chi connectivity index (χ1) is 13.2. The monoisotopic (exact) mass is 365 g/mol. The van der Waals surface area contributed by atoms with E-state index in [0.29, 0.717) is 5.69 Å². The second-order valence-electron chi connectivity index (χ2n) is 7.38. The Morgan fingerprint density at radius 3 is 2.26 bits per heavy atom. The van der Waals surface area contributed by atoms with Gasteiger partial charge in [0.2, 0.25) is 0 Å². The van der Waals surface area contributed by atoms with Crippen molar-refractivity contribution in [3.8, 4) is 0 Å². The molecule has 0 bridgehead atoms. The zero-order valence-electron chi connectivity index (χ0n) is 15.9. The number of amides is 1. The summed E-state index contributed by atoms with van der Waals surface area (Å²) in [4.78, 5) is 23.9. The summed E-state index contributed by atoms with van der Waals surface area (Å²) in [6.45, 7) is 6.25. The smallest absolute Gasteiger partial charge is 0.274 e. The molecule has 1 aromatic heterocycles. The zero-order chi connectivity index (χ0) is 18.6. The first kappa shape index (κ1) is 17.8. The molecule has 0 aliphatic carbocycles. The second kappa shape index (κ2) is 7.96. The van der Waals surface area contributed by atoms with Crippen molar-refractivity contribution in [2.24, 2.45) is 0 Å². The fourth-order valence-corrected chi connectivity index (χ4v) is 3.73. The summed E-state index contributed by atoms with van der Waals surface area (Å²) in [5.41, 5.74) is 3.54. The minimum absolute atomic E-state index is 0.167. The third kappa shape index (κ3) is 4.22. The fourth-order valence-electron chi connectivity index (χ4n) is 3.73. The van der Waals surface area contributed by atoms with E-state index in [0.717, 1.165) is 50.6 Å². The van der Waals surface area contributed by atoms with E-state index in [4.69, 9.17) is 0 Å². The SMILES string of the molecule is CN1CCN(c2ccnc(C(=O)Nc3ccc(N4CCCC4)cc3)c2)CC1. The number of carbonyl (C=O) groups excluding carboxylic acids is 1. The highest BCUT2D eigenvalue weighted by atomic mass is 16.1. The third-order valence-corrected chi connectivity index (χ3v) is 5.44. The van der Waals surface area contributed by atoms with Crippen molar-refractivity contribution < 1.29 is 4.79 Å². The van der Waals surface area contributed by atoms with Crippen LogP contribution in [-0.2, 0) is 0 Å². The van der Waals surface area contributed by atoms with Crippen molar-refractivity contribution in [2.45, 2.75) is 12.8 Å². The Morgan fingerprint density at radius 2 is 1.56 bits per heavy atom. The molecule has 0 radical (unpaired) electrons. The van der Waals surface area contributed by atoms with Crippen LogP contribution in [0, 0.1) is 0 Å². The summed E-state index contributed by atoms with van der Waals surface area (Å²) >= 11 is 0. The molecule has 0 atom stereocenters. The normalized spacial score (nSPS) is 18.0. The fraction of sp³-hybridized carbons (Fsp3) is 0.429. The van der Waals surface area contributed by atoms with Crippen molar-refractivity contribution in [1.29, 1.82) is 0 Å².